The Hall–Kier alpha value is -1.15. The van der Waals surface area contributed by atoms with E-state index in [0.717, 1.165) is 45.2 Å². The van der Waals surface area contributed by atoms with Crippen molar-refractivity contribution in [1.82, 2.24) is 15.4 Å². The first-order valence-electron chi connectivity index (χ1n) is 9.51. The summed E-state index contributed by atoms with van der Waals surface area (Å²) in [7, 11) is -3.61. The number of hydrogen-bond acceptors (Lipinski definition) is 4. The molecule has 6 nitrogen and oxygen atoms in total. The van der Waals surface area contributed by atoms with Crippen LogP contribution in [0, 0.1) is 12.8 Å². The van der Waals surface area contributed by atoms with Crippen LogP contribution in [0.3, 0.4) is 0 Å². The van der Waals surface area contributed by atoms with Crippen molar-refractivity contribution in [2.24, 2.45) is 5.92 Å². The molecule has 0 aromatic heterocycles. The van der Waals surface area contributed by atoms with Crippen LogP contribution in [0.4, 0.5) is 0 Å². The van der Waals surface area contributed by atoms with Crippen molar-refractivity contribution in [3.63, 3.8) is 0 Å². The fourth-order valence-corrected chi connectivity index (χ4v) is 5.41. The number of halogens is 1. The minimum absolute atomic E-state index is 0. The van der Waals surface area contributed by atoms with E-state index in [1.165, 1.54) is 6.07 Å². The third-order valence-corrected chi connectivity index (χ3v) is 7.18. The Kier molecular flexibility index (Phi) is 7.68. The zero-order chi connectivity index (χ0) is 18.7. The number of hydrogen-bond donors (Lipinski definition) is 3. The second kappa shape index (κ2) is 9.37. The van der Waals surface area contributed by atoms with Gasteiger partial charge in [0.25, 0.3) is 5.91 Å². The maximum absolute atomic E-state index is 12.8. The van der Waals surface area contributed by atoms with Gasteiger partial charge in [-0.3, -0.25) is 4.79 Å². The van der Waals surface area contributed by atoms with E-state index < -0.39 is 10.0 Å². The largest absolute Gasteiger partial charge is 0.349 e. The van der Waals surface area contributed by atoms with E-state index in [0.29, 0.717) is 17.0 Å². The van der Waals surface area contributed by atoms with Gasteiger partial charge >= 0.3 is 0 Å². The van der Waals surface area contributed by atoms with Crippen LogP contribution in [-0.4, -0.2) is 39.5 Å². The lowest BCUT2D eigenvalue weighted by molar-refractivity contribution is 0.0914. The molecule has 1 saturated carbocycles. The van der Waals surface area contributed by atoms with Crippen LogP contribution < -0.4 is 15.4 Å². The summed E-state index contributed by atoms with van der Waals surface area (Å²) in [5, 5.41) is 6.37. The molecule has 1 amide bonds. The minimum Gasteiger partial charge on any atom is -0.349 e. The van der Waals surface area contributed by atoms with Gasteiger partial charge in [-0.2, -0.15) is 0 Å². The van der Waals surface area contributed by atoms with Gasteiger partial charge in [-0.25, -0.2) is 13.1 Å². The smallest absolute Gasteiger partial charge is 0.251 e. The van der Waals surface area contributed by atoms with Crippen molar-refractivity contribution in [3.05, 3.63) is 29.3 Å². The van der Waals surface area contributed by atoms with Crippen molar-refractivity contribution in [2.45, 2.75) is 62.9 Å². The van der Waals surface area contributed by atoms with Gasteiger partial charge in [-0.05, 0) is 62.9 Å². The predicted molar refractivity (Wildman–Crippen MR) is 109 cm³/mol. The van der Waals surface area contributed by atoms with E-state index in [1.54, 1.807) is 19.1 Å². The number of carbonyl (C=O) groups is 1. The lowest BCUT2D eigenvalue weighted by atomic mass is 9.95. The average molecular weight is 416 g/mol. The standard InChI is InChI=1S/C19H29N3O3S.ClH/c1-13-7-8-15(19(23)21-17-9-10-20-12-14(17)2)11-18(13)26(24,25)22-16-5-3-4-6-16;/h7-8,11,14,16-17,20,22H,3-6,9-10,12H2,1-2H3,(H,21,23);1H. The second-order valence-electron chi connectivity index (χ2n) is 7.63. The maximum atomic E-state index is 12.8. The fraction of sp³-hybridized carbons (Fsp3) is 0.632. The van der Waals surface area contributed by atoms with Gasteiger partial charge < -0.3 is 10.6 Å². The molecule has 0 radical (unpaired) electrons. The van der Waals surface area contributed by atoms with E-state index >= 15 is 0 Å². The summed E-state index contributed by atoms with van der Waals surface area (Å²) in [6, 6.07) is 5.04. The van der Waals surface area contributed by atoms with Crippen LogP contribution in [-0.2, 0) is 10.0 Å². The number of rotatable bonds is 5. The number of aryl methyl sites for hydroxylation is 1. The number of benzene rings is 1. The van der Waals surface area contributed by atoms with E-state index in [2.05, 4.69) is 22.3 Å². The predicted octanol–water partition coefficient (Wildman–Crippen LogP) is 2.37. The molecule has 2 fully saturated rings. The van der Waals surface area contributed by atoms with Crippen molar-refractivity contribution in [2.75, 3.05) is 13.1 Å². The van der Waals surface area contributed by atoms with Gasteiger partial charge in [0, 0.05) is 17.6 Å². The molecule has 1 saturated heterocycles. The molecule has 2 unspecified atom stereocenters. The molecule has 2 atom stereocenters. The SMILES string of the molecule is Cc1ccc(C(=O)NC2CCNCC2C)cc1S(=O)(=O)NC1CCCC1.Cl. The molecule has 2 aliphatic rings. The molecule has 1 aliphatic heterocycles. The number of carbonyl (C=O) groups excluding carboxylic acids is 1. The van der Waals surface area contributed by atoms with Gasteiger partial charge in [-0.1, -0.05) is 25.8 Å². The molecule has 1 aromatic rings. The highest BCUT2D eigenvalue weighted by Crippen LogP contribution is 2.23. The summed E-state index contributed by atoms with van der Waals surface area (Å²) in [6.45, 7) is 5.63. The number of piperidine rings is 1. The highest BCUT2D eigenvalue weighted by Gasteiger charge is 2.26. The van der Waals surface area contributed by atoms with Crippen LogP contribution >= 0.6 is 12.4 Å². The first kappa shape index (κ1) is 22.1. The summed E-state index contributed by atoms with van der Waals surface area (Å²) in [5.74, 6) is 0.145. The third kappa shape index (κ3) is 5.44. The Morgan fingerprint density at radius 1 is 1.19 bits per heavy atom. The van der Waals surface area contributed by atoms with E-state index in [4.69, 9.17) is 0 Å². The van der Waals surface area contributed by atoms with E-state index in [-0.39, 0.29) is 35.3 Å². The van der Waals surface area contributed by atoms with Crippen molar-refractivity contribution < 1.29 is 13.2 Å². The highest BCUT2D eigenvalue weighted by atomic mass is 35.5. The van der Waals surface area contributed by atoms with Crippen LogP contribution in [0.25, 0.3) is 0 Å². The lowest BCUT2D eigenvalue weighted by Crippen LogP contribution is -2.48. The zero-order valence-electron chi connectivity index (χ0n) is 16.0. The second-order valence-corrected chi connectivity index (χ2v) is 9.32. The van der Waals surface area contributed by atoms with Crippen LogP contribution in [0.15, 0.2) is 23.1 Å². The summed E-state index contributed by atoms with van der Waals surface area (Å²) in [4.78, 5) is 12.9. The van der Waals surface area contributed by atoms with Gasteiger partial charge in [0.1, 0.15) is 0 Å². The zero-order valence-corrected chi connectivity index (χ0v) is 17.6. The molecule has 1 heterocycles. The molecule has 1 aromatic carbocycles. The summed E-state index contributed by atoms with van der Waals surface area (Å²) in [5.41, 5.74) is 1.05. The van der Waals surface area contributed by atoms with Gasteiger partial charge in [0.2, 0.25) is 10.0 Å². The first-order valence-corrected chi connectivity index (χ1v) is 11.0. The van der Waals surface area contributed by atoms with Crippen LogP contribution in [0.5, 0.6) is 0 Å². The quantitative estimate of drug-likeness (QED) is 0.688. The van der Waals surface area contributed by atoms with Gasteiger partial charge in [0.05, 0.1) is 4.90 Å². The topological polar surface area (TPSA) is 87.3 Å². The fourth-order valence-electron chi connectivity index (χ4n) is 3.84. The molecule has 3 rings (SSSR count). The Morgan fingerprint density at radius 3 is 2.56 bits per heavy atom. The number of sulfonamides is 1. The summed E-state index contributed by atoms with van der Waals surface area (Å²) < 4.78 is 28.3. The van der Waals surface area contributed by atoms with Gasteiger partial charge in [-0.15, -0.1) is 12.4 Å². The molecular formula is C19H30ClN3O3S. The molecule has 27 heavy (non-hydrogen) atoms. The Labute approximate surface area is 168 Å². The minimum atomic E-state index is -3.61. The molecule has 8 heteroatoms. The van der Waals surface area contributed by atoms with Crippen molar-refractivity contribution in [1.29, 1.82) is 0 Å². The molecular weight excluding hydrogens is 386 g/mol. The molecule has 1 aliphatic carbocycles. The Morgan fingerprint density at radius 2 is 1.89 bits per heavy atom. The molecule has 152 valence electrons. The van der Waals surface area contributed by atoms with Crippen molar-refractivity contribution >= 4 is 28.3 Å². The first-order chi connectivity index (χ1) is 12.4. The molecule has 3 N–H and O–H groups in total. The highest BCUT2D eigenvalue weighted by molar-refractivity contribution is 7.89. The average Bonchev–Trinajstić information content (AvgIpc) is 3.09. The number of amides is 1. The normalized spacial score (nSPS) is 23.6. The Balaban J connectivity index is 0.00000261. The van der Waals surface area contributed by atoms with Gasteiger partial charge in [0.15, 0.2) is 0 Å². The van der Waals surface area contributed by atoms with Crippen LogP contribution in [0.1, 0.15) is 54.9 Å². The monoisotopic (exact) mass is 415 g/mol. The summed E-state index contributed by atoms with van der Waals surface area (Å²) in [6.07, 6.45) is 4.76. The third-order valence-electron chi connectivity index (χ3n) is 5.52. The van der Waals surface area contributed by atoms with E-state index in [9.17, 15) is 13.2 Å². The van der Waals surface area contributed by atoms with Crippen molar-refractivity contribution in [3.8, 4) is 0 Å². The summed E-state index contributed by atoms with van der Waals surface area (Å²) >= 11 is 0. The lowest BCUT2D eigenvalue weighted by Gasteiger charge is -2.30. The van der Waals surface area contributed by atoms with Crippen LogP contribution in [0.2, 0.25) is 0 Å². The molecule has 0 spiro atoms. The maximum Gasteiger partial charge on any atom is 0.251 e. The van der Waals surface area contributed by atoms with E-state index in [1.807, 2.05) is 0 Å². The Bertz CT molecular complexity index is 763. The number of nitrogens with one attached hydrogen (secondary N) is 3. The molecule has 0 bridgehead atoms.